The van der Waals surface area contributed by atoms with Crippen LogP contribution in [-0.4, -0.2) is 13.0 Å². The fourth-order valence-corrected chi connectivity index (χ4v) is 4.79. The Kier molecular flexibility index (Phi) is 7.09. The van der Waals surface area contributed by atoms with Gasteiger partial charge in [0.1, 0.15) is 11.3 Å². The van der Waals surface area contributed by atoms with E-state index in [0.29, 0.717) is 5.75 Å². The lowest BCUT2D eigenvalue weighted by Gasteiger charge is -2.11. The Morgan fingerprint density at radius 2 is 1.73 bits per heavy atom. The molecule has 4 aromatic carbocycles. The maximum atomic E-state index is 12.9. The van der Waals surface area contributed by atoms with Crippen LogP contribution >= 0.6 is 0 Å². The molecule has 0 fully saturated rings. The molecular weight excluding hydrogens is 458 g/mol. The van der Waals surface area contributed by atoms with Gasteiger partial charge in [-0.3, -0.25) is 4.79 Å². The molecule has 186 valence electrons. The van der Waals surface area contributed by atoms with Crippen LogP contribution in [-0.2, 0) is 11.2 Å². The van der Waals surface area contributed by atoms with Crippen LogP contribution in [0, 0.1) is 0 Å². The van der Waals surface area contributed by atoms with Crippen molar-refractivity contribution in [3.63, 3.8) is 0 Å². The zero-order chi connectivity index (χ0) is 25.8. The number of benzene rings is 4. The lowest BCUT2D eigenvalue weighted by atomic mass is 9.96. The van der Waals surface area contributed by atoms with E-state index >= 15 is 0 Å². The van der Waals surface area contributed by atoms with Crippen molar-refractivity contribution in [2.24, 2.45) is 0 Å². The Hall–Kier alpha value is -4.31. The molecule has 1 heterocycles. The minimum Gasteiger partial charge on any atom is -0.496 e. The van der Waals surface area contributed by atoms with Crippen molar-refractivity contribution in [2.75, 3.05) is 12.4 Å². The van der Waals surface area contributed by atoms with E-state index in [1.807, 2.05) is 37.3 Å². The fourth-order valence-electron chi connectivity index (χ4n) is 4.79. The molecular formula is C33H31NO3. The first kappa shape index (κ1) is 24.4. The normalized spacial score (nSPS) is 11.7. The van der Waals surface area contributed by atoms with Crippen LogP contribution in [0.3, 0.4) is 0 Å². The largest absolute Gasteiger partial charge is 0.496 e. The third kappa shape index (κ3) is 5.14. The number of unbranched alkanes of at least 4 members (excludes halogenated alkanes) is 1. The van der Waals surface area contributed by atoms with E-state index in [1.54, 1.807) is 19.4 Å². The lowest BCUT2D eigenvalue weighted by Crippen LogP contribution is -2.08. The number of carbonyl (C=O) groups excluding carboxylic acids is 1. The quantitative estimate of drug-likeness (QED) is 0.222. The molecule has 0 radical (unpaired) electrons. The highest BCUT2D eigenvalue weighted by Crippen LogP contribution is 2.39. The first-order valence-electron chi connectivity index (χ1n) is 12.7. The van der Waals surface area contributed by atoms with E-state index < -0.39 is 0 Å². The Morgan fingerprint density at radius 3 is 2.51 bits per heavy atom. The van der Waals surface area contributed by atoms with Gasteiger partial charge in [-0.05, 0) is 65.4 Å². The highest BCUT2D eigenvalue weighted by atomic mass is 16.5. The number of hydrogen-bond acceptors (Lipinski definition) is 3. The maximum absolute atomic E-state index is 12.9. The molecule has 0 aliphatic carbocycles. The van der Waals surface area contributed by atoms with E-state index in [1.165, 1.54) is 23.8 Å². The van der Waals surface area contributed by atoms with E-state index in [9.17, 15) is 4.79 Å². The van der Waals surface area contributed by atoms with E-state index in [-0.39, 0.29) is 5.91 Å². The molecule has 0 bridgehead atoms. The van der Waals surface area contributed by atoms with Gasteiger partial charge in [0.2, 0.25) is 5.91 Å². The van der Waals surface area contributed by atoms with Crippen molar-refractivity contribution in [1.29, 1.82) is 0 Å². The van der Waals surface area contributed by atoms with Crippen molar-refractivity contribution in [3.05, 3.63) is 102 Å². The monoisotopic (exact) mass is 489 g/mol. The standard InChI is InChI=1S/C33H31NO3/c1-4-5-9-23-14-16-25(17-15-23)34-33(35)18-22(2)28-19-29-30(21-37-32(29)20-31(28)36-3)27-13-8-11-24-10-6-7-12-26(24)27/h6-8,10-21H,4-5,9H2,1-3H3,(H,34,35)/b22-18+. The van der Waals surface area contributed by atoms with Gasteiger partial charge in [-0.15, -0.1) is 0 Å². The number of fused-ring (bicyclic) bond motifs is 2. The number of rotatable bonds is 8. The summed E-state index contributed by atoms with van der Waals surface area (Å²) in [5.74, 6) is 0.482. The molecule has 0 aliphatic rings. The number of allylic oxidation sites excluding steroid dienone is 1. The van der Waals surface area contributed by atoms with Gasteiger partial charge in [-0.2, -0.15) is 0 Å². The van der Waals surface area contributed by atoms with E-state index in [2.05, 4.69) is 60.8 Å². The molecule has 37 heavy (non-hydrogen) atoms. The van der Waals surface area contributed by atoms with Crippen LogP contribution in [0.15, 0.2) is 95.6 Å². The van der Waals surface area contributed by atoms with Gasteiger partial charge in [0, 0.05) is 34.3 Å². The van der Waals surface area contributed by atoms with Gasteiger partial charge in [-0.1, -0.05) is 67.9 Å². The first-order valence-corrected chi connectivity index (χ1v) is 12.7. The molecule has 0 atom stereocenters. The molecule has 0 unspecified atom stereocenters. The second-order valence-corrected chi connectivity index (χ2v) is 9.34. The number of ether oxygens (including phenoxy) is 1. The SMILES string of the molecule is CCCCc1ccc(NC(=O)/C=C(\C)c2cc3c(-c4cccc5ccccc45)coc3cc2OC)cc1. The van der Waals surface area contributed by atoms with Crippen LogP contribution in [0.2, 0.25) is 0 Å². The third-order valence-corrected chi connectivity index (χ3v) is 6.79. The smallest absolute Gasteiger partial charge is 0.248 e. The molecule has 0 saturated carbocycles. The molecule has 1 aromatic heterocycles. The van der Waals surface area contributed by atoms with Crippen molar-refractivity contribution in [1.82, 2.24) is 0 Å². The summed E-state index contributed by atoms with van der Waals surface area (Å²) >= 11 is 0. The van der Waals surface area contributed by atoms with Gasteiger partial charge in [-0.25, -0.2) is 0 Å². The molecule has 1 amide bonds. The summed E-state index contributed by atoms with van der Waals surface area (Å²) in [6.45, 7) is 4.11. The van der Waals surface area contributed by atoms with Crippen molar-refractivity contribution < 1.29 is 13.9 Å². The Labute approximate surface area is 217 Å². The number of methoxy groups -OCH3 is 1. The Balaban J connectivity index is 1.47. The molecule has 0 spiro atoms. The average molecular weight is 490 g/mol. The lowest BCUT2D eigenvalue weighted by molar-refractivity contribution is -0.111. The average Bonchev–Trinajstić information content (AvgIpc) is 3.34. The second-order valence-electron chi connectivity index (χ2n) is 9.34. The molecule has 0 aliphatic heterocycles. The maximum Gasteiger partial charge on any atom is 0.248 e. The summed E-state index contributed by atoms with van der Waals surface area (Å²) in [5.41, 5.74) is 6.58. The number of amides is 1. The van der Waals surface area contributed by atoms with Gasteiger partial charge in [0.15, 0.2) is 0 Å². The van der Waals surface area contributed by atoms with Crippen LogP contribution < -0.4 is 10.1 Å². The van der Waals surface area contributed by atoms with Crippen molar-refractivity contribution in [3.8, 4) is 16.9 Å². The molecule has 4 nitrogen and oxygen atoms in total. The van der Waals surface area contributed by atoms with Gasteiger partial charge < -0.3 is 14.5 Å². The number of furan rings is 1. The number of anilines is 1. The number of nitrogens with one attached hydrogen (secondary N) is 1. The zero-order valence-corrected chi connectivity index (χ0v) is 21.5. The fraction of sp³-hybridized carbons (Fsp3) is 0.182. The van der Waals surface area contributed by atoms with E-state index in [0.717, 1.165) is 50.7 Å². The molecule has 1 N–H and O–H groups in total. The van der Waals surface area contributed by atoms with E-state index in [4.69, 9.17) is 9.15 Å². The van der Waals surface area contributed by atoms with Crippen LogP contribution in [0.5, 0.6) is 5.75 Å². The summed E-state index contributed by atoms with van der Waals surface area (Å²) in [6, 6.07) is 26.6. The van der Waals surface area contributed by atoms with Gasteiger partial charge in [0.25, 0.3) is 0 Å². The minimum atomic E-state index is -0.178. The Morgan fingerprint density at radius 1 is 0.946 bits per heavy atom. The van der Waals surface area contributed by atoms with Crippen LogP contribution in [0.25, 0.3) is 38.4 Å². The summed E-state index contributed by atoms with van der Waals surface area (Å²) in [5, 5.41) is 6.29. The predicted octanol–water partition coefficient (Wildman–Crippen LogP) is 8.65. The van der Waals surface area contributed by atoms with Crippen molar-refractivity contribution >= 4 is 38.9 Å². The minimum absolute atomic E-state index is 0.178. The molecule has 5 rings (SSSR count). The second kappa shape index (κ2) is 10.8. The number of aryl methyl sites for hydroxylation is 1. The summed E-state index contributed by atoms with van der Waals surface area (Å²) in [6.07, 6.45) is 6.80. The first-order chi connectivity index (χ1) is 18.1. The van der Waals surface area contributed by atoms with Crippen molar-refractivity contribution in [2.45, 2.75) is 33.1 Å². The predicted molar refractivity (Wildman–Crippen MR) is 153 cm³/mol. The summed E-state index contributed by atoms with van der Waals surface area (Å²) < 4.78 is 11.6. The summed E-state index contributed by atoms with van der Waals surface area (Å²) in [4.78, 5) is 12.9. The van der Waals surface area contributed by atoms with Gasteiger partial charge >= 0.3 is 0 Å². The third-order valence-electron chi connectivity index (χ3n) is 6.79. The molecule has 5 aromatic rings. The summed E-state index contributed by atoms with van der Waals surface area (Å²) in [7, 11) is 1.63. The zero-order valence-electron chi connectivity index (χ0n) is 21.5. The topological polar surface area (TPSA) is 51.5 Å². The van der Waals surface area contributed by atoms with Crippen LogP contribution in [0.1, 0.15) is 37.8 Å². The number of hydrogen-bond donors (Lipinski definition) is 1. The number of carbonyl (C=O) groups is 1. The van der Waals surface area contributed by atoms with Gasteiger partial charge in [0.05, 0.1) is 13.4 Å². The molecule has 4 heteroatoms. The highest BCUT2D eigenvalue weighted by molar-refractivity contribution is 6.07. The molecule has 0 saturated heterocycles. The Bertz CT molecular complexity index is 1590. The van der Waals surface area contributed by atoms with Crippen LogP contribution in [0.4, 0.5) is 5.69 Å². The highest BCUT2D eigenvalue weighted by Gasteiger charge is 2.16.